The fourth-order valence-corrected chi connectivity index (χ4v) is 1.46. The average molecular weight is 251 g/mol. The topological polar surface area (TPSA) is 77.2 Å². The van der Waals surface area contributed by atoms with Gasteiger partial charge in [-0.2, -0.15) is 0 Å². The predicted molar refractivity (Wildman–Crippen MR) is 70.1 cm³/mol. The van der Waals surface area contributed by atoms with Crippen molar-refractivity contribution in [3.05, 3.63) is 23.9 Å². The quantitative estimate of drug-likeness (QED) is 0.793. The monoisotopic (exact) mass is 251 g/mol. The molecular formula is C13H21N3O2. The molecule has 1 heterocycles. The number of methoxy groups -OCH3 is 1. The van der Waals surface area contributed by atoms with Crippen LogP contribution in [0.1, 0.15) is 25.8 Å². The summed E-state index contributed by atoms with van der Waals surface area (Å²) >= 11 is 0. The summed E-state index contributed by atoms with van der Waals surface area (Å²) in [4.78, 5) is 15.8. The third kappa shape index (κ3) is 4.00. The number of nitrogens with zero attached hydrogens (tertiary/aromatic N) is 1. The summed E-state index contributed by atoms with van der Waals surface area (Å²) in [5.74, 6) is 0.612. The molecule has 0 spiro atoms. The molecule has 1 amide bonds. The first kappa shape index (κ1) is 14.4. The molecule has 0 aliphatic rings. The van der Waals surface area contributed by atoms with Gasteiger partial charge in [0.05, 0.1) is 13.2 Å². The smallest absolute Gasteiger partial charge is 0.237 e. The second-order valence-electron chi connectivity index (χ2n) is 4.34. The number of rotatable bonds is 6. The van der Waals surface area contributed by atoms with E-state index in [1.165, 1.54) is 0 Å². The van der Waals surface area contributed by atoms with E-state index in [2.05, 4.69) is 10.3 Å². The maximum Gasteiger partial charge on any atom is 0.237 e. The highest BCUT2D eigenvalue weighted by Crippen LogP contribution is 2.08. The molecule has 1 aromatic heterocycles. The first-order valence-corrected chi connectivity index (χ1v) is 6.10. The van der Waals surface area contributed by atoms with Crippen molar-refractivity contribution in [3.8, 4) is 5.88 Å². The average Bonchev–Trinajstić information content (AvgIpc) is 2.43. The highest BCUT2D eigenvalue weighted by molar-refractivity contribution is 5.81. The van der Waals surface area contributed by atoms with Gasteiger partial charge < -0.3 is 15.8 Å². The van der Waals surface area contributed by atoms with E-state index in [9.17, 15) is 4.79 Å². The van der Waals surface area contributed by atoms with Gasteiger partial charge in [0.15, 0.2) is 0 Å². The number of nitrogens with two attached hydrogens (primary N) is 1. The van der Waals surface area contributed by atoms with E-state index in [-0.39, 0.29) is 11.8 Å². The van der Waals surface area contributed by atoms with E-state index in [1.807, 2.05) is 19.9 Å². The van der Waals surface area contributed by atoms with Gasteiger partial charge in [-0.25, -0.2) is 4.98 Å². The minimum atomic E-state index is -0.457. The number of amides is 1. The summed E-state index contributed by atoms with van der Waals surface area (Å²) in [5.41, 5.74) is 6.75. The Balaban J connectivity index is 2.46. The molecule has 0 bridgehead atoms. The molecular weight excluding hydrogens is 230 g/mol. The zero-order chi connectivity index (χ0) is 13.5. The van der Waals surface area contributed by atoms with Crippen LogP contribution < -0.4 is 15.8 Å². The fourth-order valence-electron chi connectivity index (χ4n) is 1.46. The van der Waals surface area contributed by atoms with E-state index < -0.39 is 6.04 Å². The molecule has 0 unspecified atom stereocenters. The third-order valence-electron chi connectivity index (χ3n) is 3.03. The van der Waals surface area contributed by atoms with E-state index in [4.69, 9.17) is 10.5 Å². The highest BCUT2D eigenvalue weighted by Gasteiger charge is 2.18. The summed E-state index contributed by atoms with van der Waals surface area (Å²) in [7, 11) is 1.56. The number of aromatic nitrogens is 1. The van der Waals surface area contributed by atoms with Gasteiger partial charge >= 0.3 is 0 Å². The highest BCUT2D eigenvalue weighted by atomic mass is 16.5. The van der Waals surface area contributed by atoms with E-state index in [0.717, 1.165) is 12.0 Å². The summed E-state index contributed by atoms with van der Waals surface area (Å²) in [6.07, 6.45) is 2.56. The fraction of sp³-hybridized carbons (Fsp3) is 0.538. The lowest BCUT2D eigenvalue weighted by Gasteiger charge is -2.17. The standard InChI is InChI=1S/C13H21N3O2/c1-4-9(2)12(14)13(17)16-8-10-5-6-11(18-3)15-7-10/h5-7,9,12H,4,8,14H2,1-3H3,(H,16,17)/t9-,12-/m0/s1. The van der Waals surface area contributed by atoms with Crippen molar-refractivity contribution in [1.82, 2.24) is 10.3 Å². The van der Waals surface area contributed by atoms with Crippen LogP contribution in [0.5, 0.6) is 5.88 Å². The molecule has 100 valence electrons. The van der Waals surface area contributed by atoms with Gasteiger partial charge in [0.1, 0.15) is 0 Å². The number of nitrogens with one attached hydrogen (secondary N) is 1. The Morgan fingerprint density at radius 1 is 1.56 bits per heavy atom. The Hall–Kier alpha value is -1.62. The van der Waals surface area contributed by atoms with Crippen LogP contribution in [-0.2, 0) is 11.3 Å². The SMILES string of the molecule is CC[C@H](C)[C@H](N)C(=O)NCc1ccc(OC)nc1. The molecule has 1 rings (SSSR count). The number of hydrogen-bond acceptors (Lipinski definition) is 4. The second kappa shape index (κ2) is 6.96. The molecule has 0 radical (unpaired) electrons. The number of pyridine rings is 1. The largest absolute Gasteiger partial charge is 0.481 e. The molecule has 2 atom stereocenters. The lowest BCUT2D eigenvalue weighted by atomic mass is 9.99. The first-order chi connectivity index (χ1) is 8.58. The zero-order valence-electron chi connectivity index (χ0n) is 11.1. The third-order valence-corrected chi connectivity index (χ3v) is 3.03. The van der Waals surface area contributed by atoms with Gasteiger partial charge in [0.2, 0.25) is 11.8 Å². The van der Waals surface area contributed by atoms with Gasteiger partial charge in [0, 0.05) is 18.8 Å². The number of carbonyl (C=O) groups excluding carboxylic acids is 1. The van der Waals surface area contributed by atoms with Gasteiger partial charge in [-0.15, -0.1) is 0 Å². The Kier molecular flexibility index (Phi) is 5.58. The molecule has 3 N–H and O–H groups in total. The van der Waals surface area contributed by atoms with Crippen molar-refractivity contribution in [3.63, 3.8) is 0 Å². The van der Waals surface area contributed by atoms with Gasteiger partial charge in [0.25, 0.3) is 0 Å². The Labute approximate surface area is 108 Å². The van der Waals surface area contributed by atoms with Crippen LogP contribution in [0, 0.1) is 5.92 Å². The van der Waals surface area contributed by atoms with Crippen molar-refractivity contribution >= 4 is 5.91 Å². The van der Waals surface area contributed by atoms with Crippen molar-refractivity contribution < 1.29 is 9.53 Å². The predicted octanol–water partition coefficient (Wildman–Crippen LogP) is 1.08. The molecule has 5 heteroatoms. The normalized spacial score (nSPS) is 13.8. The lowest BCUT2D eigenvalue weighted by molar-refractivity contribution is -0.123. The lowest BCUT2D eigenvalue weighted by Crippen LogP contribution is -2.44. The minimum Gasteiger partial charge on any atom is -0.481 e. The molecule has 0 aliphatic heterocycles. The summed E-state index contributed by atoms with van der Waals surface area (Å²) in [6.45, 7) is 4.42. The van der Waals surface area contributed by atoms with Crippen molar-refractivity contribution in [2.24, 2.45) is 11.7 Å². The number of hydrogen-bond donors (Lipinski definition) is 2. The molecule has 0 aliphatic carbocycles. The molecule has 5 nitrogen and oxygen atoms in total. The van der Waals surface area contributed by atoms with Crippen LogP contribution in [-0.4, -0.2) is 24.0 Å². The minimum absolute atomic E-state index is 0.125. The van der Waals surface area contributed by atoms with Crippen LogP contribution in [0.3, 0.4) is 0 Å². The van der Waals surface area contributed by atoms with Crippen molar-refractivity contribution in [2.75, 3.05) is 7.11 Å². The van der Waals surface area contributed by atoms with Crippen LogP contribution >= 0.6 is 0 Å². The first-order valence-electron chi connectivity index (χ1n) is 6.10. The van der Waals surface area contributed by atoms with Gasteiger partial charge in [-0.1, -0.05) is 26.3 Å². The van der Waals surface area contributed by atoms with Crippen LogP contribution in [0.25, 0.3) is 0 Å². The Morgan fingerprint density at radius 2 is 2.28 bits per heavy atom. The Morgan fingerprint density at radius 3 is 2.78 bits per heavy atom. The molecule has 0 aromatic carbocycles. The number of carbonyl (C=O) groups is 1. The molecule has 0 fully saturated rings. The second-order valence-corrected chi connectivity index (χ2v) is 4.34. The molecule has 18 heavy (non-hydrogen) atoms. The molecule has 1 aromatic rings. The molecule has 0 saturated heterocycles. The summed E-state index contributed by atoms with van der Waals surface area (Å²) in [6, 6.07) is 3.16. The van der Waals surface area contributed by atoms with Crippen molar-refractivity contribution in [1.29, 1.82) is 0 Å². The van der Waals surface area contributed by atoms with Crippen molar-refractivity contribution in [2.45, 2.75) is 32.9 Å². The van der Waals surface area contributed by atoms with E-state index in [0.29, 0.717) is 12.4 Å². The zero-order valence-corrected chi connectivity index (χ0v) is 11.1. The summed E-state index contributed by atoms with van der Waals surface area (Å²) < 4.78 is 4.96. The molecule has 0 saturated carbocycles. The number of ether oxygens (including phenoxy) is 1. The maximum absolute atomic E-state index is 11.8. The van der Waals surface area contributed by atoms with Gasteiger partial charge in [-0.05, 0) is 11.5 Å². The van der Waals surface area contributed by atoms with E-state index in [1.54, 1.807) is 19.4 Å². The van der Waals surface area contributed by atoms with Crippen LogP contribution in [0.4, 0.5) is 0 Å². The Bertz CT molecular complexity index is 378. The van der Waals surface area contributed by atoms with Gasteiger partial charge in [-0.3, -0.25) is 4.79 Å². The van der Waals surface area contributed by atoms with Crippen LogP contribution in [0.15, 0.2) is 18.3 Å². The van der Waals surface area contributed by atoms with E-state index >= 15 is 0 Å². The maximum atomic E-state index is 11.8. The van der Waals surface area contributed by atoms with Crippen LogP contribution in [0.2, 0.25) is 0 Å². The summed E-state index contributed by atoms with van der Waals surface area (Å²) in [5, 5.41) is 2.81.